The first-order valence-corrected chi connectivity index (χ1v) is 9.39. The van der Waals surface area contributed by atoms with E-state index in [-0.39, 0.29) is 5.78 Å². The summed E-state index contributed by atoms with van der Waals surface area (Å²) in [6.07, 6.45) is 6.75. The van der Waals surface area contributed by atoms with Gasteiger partial charge in [0.2, 0.25) is 0 Å². The monoisotopic (exact) mass is 256 g/mol. The largest absolute Gasteiger partial charge is 0.417 e. The molecule has 0 heterocycles. The first kappa shape index (κ1) is 16.6. The van der Waals surface area contributed by atoms with Crippen LogP contribution >= 0.6 is 0 Å². The molecule has 0 amide bonds. The first-order chi connectivity index (χ1) is 7.67. The third-order valence-corrected chi connectivity index (χ3v) is 7.92. The molecule has 3 heteroatoms. The van der Waals surface area contributed by atoms with Gasteiger partial charge in [-0.1, -0.05) is 26.8 Å². The van der Waals surface area contributed by atoms with Gasteiger partial charge < -0.3 is 4.43 Å². The van der Waals surface area contributed by atoms with Gasteiger partial charge in [0.15, 0.2) is 14.1 Å². The number of carbonyl (C=O) groups is 1. The van der Waals surface area contributed by atoms with Crippen molar-refractivity contribution in [3.8, 4) is 0 Å². The van der Waals surface area contributed by atoms with E-state index in [1.807, 2.05) is 6.08 Å². The van der Waals surface area contributed by atoms with E-state index in [4.69, 9.17) is 4.43 Å². The van der Waals surface area contributed by atoms with Crippen molar-refractivity contribution in [1.82, 2.24) is 0 Å². The number of rotatable bonds is 7. The van der Waals surface area contributed by atoms with Crippen LogP contribution in [0.4, 0.5) is 0 Å². The minimum atomic E-state index is -1.56. The van der Waals surface area contributed by atoms with E-state index in [0.29, 0.717) is 5.04 Å². The topological polar surface area (TPSA) is 26.3 Å². The van der Waals surface area contributed by atoms with Crippen LogP contribution in [0.25, 0.3) is 0 Å². The molecule has 0 aliphatic heterocycles. The highest BCUT2D eigenvalue weighted by Crippen LogP contribution is 2.36. The number of unbranched alkanes of at least 4 members (excludes halogenated alkanes) is 2. The maximum Gasteiger partial charge on any atom is 0.191 e. The highest BCUT2D eigenvalue weighted by atomic mass is 28.4. The summed E-state index contributed by atoms with van der Waals surface area (Å²) >= 11 is 0. The average molecular weight is 256 g/mol. The molecular weight excluding hydrogens is 228 g/mol. The van der Waals surface area contributed by atoms with Crippen molar-refractivity contribution >= 4 is 14.1 Å². The van der Waals surface area contributed by atoms with Gasteiger partial charge in [0.25, 0.3) is 0 Å². The summed E-state index contributed by atoms with van der Waals surface area (Å²) < 4.78 is 6.07. The van der Waals surface area contributed by atoms with Gasteiger partial charge in [-0.05, 0) is 50.4 Å². The maximum atomic E-state index is 10.7. The first-order valence-electron chi connectivity index (χ1n) is 6.48. The van der Waals surface area contributed by atoms with Gasteiger partial charge in [0.1, 0.15) is 0 Å². The molecule has 0 unspecified atom stereocenters. The van der Waals surface area contributed by atoms with E-state index in [2.05, 4.69) is 33.9 Å². The Hall–Kier alpha value is -0.413. The minimum Gasteiger partial charge on any atom is -0.417 e. The van der Waals surface area contributed by atoms with E-state index in [9.17, 15) is 4.79 Å². The molecule has 0 N–H and O–H groups in total. The van der Waals surface area contributed by atoms with Crippen LogP contribution in [0.3, 0.4) is 0 Å². The van der Waals surface area contributed by atoms with Gasteiger partial charge in [-0.3, -0.25) is 4.79 Å². The molecule has 0 rings (SSSR count). The molecule has 0 spiro atoms. The second-order valence-corrected chi connectivity index (χ2v) is 10.9. The van der Waals surface area contributed by atoms with Gasteiger partial charge in [-0.2, -0.15) is 0 Å². The van der Waals surface area contributed by atoms with E-state index >= 15 is 0 Å². The molecule has 2 nitrogen and oxygen atoms in total. The molecule has 0 aromatic carbocycles. The number of ketones is 1. The maximum absolute atomic E-state index is 10.7. The van der Waals surface area contributed by atoms with Crippen molar-refractivity contribution in [3.63, 3.8) is 0 Å². The quantitative estimate of drug-likeness (QED) is 0.385. The molecule has 0 fully saturated rings. The summed E-state index contributed by atoms with van der Waals surface area (Å²) in [5.41, 5.74) is 0. The molecule has 0 radical (unpaired) electrons. The predicted octanol–water partition coefficient (Wildman–Crippen LogP) is 4.32. The molecule has 0 aliphatic carbocycles. The predicted molar refractivity (Wildman–Crippen MR) is 76.8 cm³/mol. The lowest BCUT2D eigenvalue weighted by Gasteiger charge is -2.36. The second-order valence-electron chi connectivity index (χ2n) is 6.12. The Balaban J connectivity index is 3.69. The lowest BCUT2D eigenvalue weighted by atomic mass is 10.2. The molecule has 100 valence electrons. The van der Waals surface area contributed by atoms with Crippen molar-refractivity contribution in [1.29, 1.82) is 0 Å². The normalized spacial score (nSPS) is 13.3. The minimum absolute atomic E-state index is 0.127. The zero-order valence-electron chi connectivity index (χ0n) is 12.3. The highest BCUT2D eigenvalue weighted by molar-refractivity contribution is 6.74. The Kier molecular flexibility index (Phi) is 6.94. The third-order valence-electron chi connectivity index (χ3n) is 3.39. The molecule has 0 atom stereocenters. The van der Waals surface area contributed by atoms with E-state index < -0.39 is 8.32 Å². The van der Waals surface area contributed by atoms with Gasteiger partial charge in [-0.25, -0.2) is 0 Å². The van der Waals surface area contributed by atoms with Crippen LogP contribution in [0, 0.1) is 0 Å². The highest BCUT2D eigenvalue weighted by Gasteiger charge is 2.36. The van der Waals surface area contributed by atoms with Crippen molar-refractivity contribution in [2.24, 2.45) is 0 Å². The standard InChI is InChI=1S/C14H28O2Si/c1-13(15)11-9-7-8-10-12-16-17(5,6)14(2,3)4/h9,11H,7-8,10,12H2,1-6H3/b11-9+. The van der Waals surface area contributed by atoms with Crippen LogP contribution in [-0.2, 0) is 9.22 Å². The third kappa shape index (κ3) is 7.50. The lowest BCUT2D eigenvalue weighted by molar-refractivity contribution is -0.112. The summed E-state index contributed by atoms with van der Waals surface area (Å²) in [7, 11) is -1.56. The van der Waals surface area contributed by atoms with E-state index in [1.165, 1.54) is 0 Å². The van der Waals surface area contributed by atoms with E-state index in [1.54, 1.807) is 13.0 Å². The summed E-state index contributed by atoms with van der Waals surface area (Å²) in [4.78, 5) is 10.7. The molecule has 0 saturated carbocycles. The molecule has 0 bridgehead atoms. The van der Waals surface area contributed by atoms with Crippen molar-refractivity contribution < 1.29 is 9.22 Å². The fourth-order valence-electron chi connectivity index (χ4n) is 1.16. The molecular formula is C14H28O2Si. The van der Waals surface area contributed by atoms with Gasteiger partial charge in [0, 0.05) is 6.61 Å². The number of hydrogen-bond donors (Lipinski definition) is 0. The van der Waals surface area contributed by atoms with Crippen molar-refractivity contribution in [3.05, 3.63) is 12.2 Å². The molecule has 17 heavy (non-hydrogen) atoms. The Bertz CT molecular complexity index is 262. The number of carbonyl (C=O) groups excluding carboxylic acids is 1. The lowest BCUT2D eigenvalue weighted by Crippen LogP contribution is -2.40. The summed E-state index contributed by atoms with van der Waals surface area (Å²) in [6.45, 7) is 13.8. The van der Waals surface area contributed by atoms with E-state index in [0.717, 1.165) is 25.9 Å². The Morgan fingerprint density at radius 2 is 1.82 bits per heavy atom. The van der Waals surface area contributed by atoms with Crippen LogP contribution in [0.2, 0.25) is 18.1 Å². The average Bonchev–Trinajstić information content (AvgIpc) is 2.13. The van der Waals surface area contributed by atoms with Gasteiger partial charge in [-0.15, -0.1) is 0 Å². The van der Waals surface area contributed by atoms with Crippen LogP contribution < -0.4 is 0 Å². The Morgan fingerprint density at radius 3 is 2.29 bits per heavy atom. The summed E-state index contributed by atoms with van der Waals surface area (Å²) in [5, 5.41) is 0.293. The molecule has 0 aromatic rings. The van der Waals surface area contributed by atoms with Crippen molar-refractivity contribution in [2.75, 3.05) is 6.61 Å². The number of hydrogen-bond acceptors (Lipinski definition) is 2. The molecule has 0 aliphatic rings. The van der Waals surface area contributed by atoms with Crippen LogP contribution in [0.15, 0.2) is 12.2 Å². The Labute approximate surface area is 108 Å². The van der Waals surface area contributed by atoms with Crippen molar-refractivity contribution in [2.45, 2.75) is 65.1 Å². The molecule has 0 aromatic heterocycles. The fourth-order valence-corrected chi connectivity index (χ4v) is 2.25. The van der Waals surface area contributed by atoms with Gasteiger partial charge in [0.05, 0.1) is 0 Å². The summed E-state index contributed by atoms with van der Waals surface area (Å²) in [6, 6.07) is 0. The SMILES string of the molecule is CC(=O)/C=C/CCCCO[Si](C)(C)C(C)(C)C. The smallest absolute Gasteiger partial charge is 0.191 e. The second kappa shape index (κ2) is 7.12. The fraction of sp³-hybridized carbons (Fsp3) is 0.786. The zero-order chi connectivity index (χ0) is 13.5. The van der Waals surface area contributed by atoms with Crippen LogP contribution in [0.5, 0.6) is 0 Å². The number of allylic oxidation sites excluding steroid dienone is 2. The Morgan fingerprint density at radius 1 is 1.24 bits per heavy atom. The zero-order valence-corrected chi connectivity index (χ0v) is 13.3. The van der Waals surface area contributed by atoms with Gasteiger partial charge >= 0.3 is 0 Å². The summed E-state index contributed by atoms with van der Waals surface area (Å²) in [5.74, 6) is 0.127. The van der Waals surface area contributed by atoms with Crippen LogP contribution in [-0.4, -0.2) is 20.7 Å². The molecule has 0 saturated heterocycles. The van der Waals surface area contributed by atoms with Crippen LogP contribution in [0.1, 0.15) is 47.0 Å².